The smallest absolute Gasteiger partial charge is 0.326 e. The van der Waals surface area contributed by atoms with E-state index in [2.05, 4.69) is 10.2 Å². The number of carboxylic acids is 1. The van der Waals surface area contributed by atoms with Crippen molar-refractivity contribution in [3.63, 3.8) is 0 Å². The summed E-state index contributed by atoms with van der Waals surface area (Å²) in [5, 5.41) is 12.2. The molecule has 0 fully saturated rings. The minimum absolute atomic E-state index is 0.201. The number of anilines is 1. The molecule has 36 heavy (non-hydrogen) atoms. The van der Waals surface area contributed by atoms with Gasteiger partial charge in [-0.2, -0.15) is 0 Å². The highest BCUT2D eigenvalue weighted by atomic mass is 19.1. The zero-order valence-electron chi connectivity index (χ0n) is 19.7. The van der Waals surface area contributed by atoms with Crippen LogP contribution >= 0.6 is 0 Å². The quantitative estimate of drug-likeness (QED) is 0.315. The van der Waals surface area contributed by atoms with Crippen molar-refractivity contribution in [1.82, 2.24) is 5.32 Å². The number of hydrogen-bond donors (Lipinski definition) is 2. The molecule has 5 nitrogen and oxygen atoms in total. The van der Waals surface area contributed by atoms with Crippen LogP contribution in [0.1, 0.15) is 27.0 Å². The predicted molar refractivity (Wildman–Crippen MR) is 138 cm³/mol. The molecule has 0 saturated heterocycles. The van der Waals surface area contributed by atoms with Crippen molar-refractivity contribution in [1.29, 1.82) is 0 Å². The lowest BCUT2D eigenvalue weighted by molar-refractivity contribution is -0.139. The largest absolute Gasteiger partial charge is 0.480 e. The fourth-order valence-electron chi connectivity index (χ4n) is 3.97. The Kier molecular flexibility index (Phi) is 8.08. The van der Waals surface area contributed by atoms with Gasteiger partial charge >= 0.3 is 5.97 Å². The van der Waals surface area contributed by atoms with E-state index in [4.69, 9.17) is 0 Å². The van der Waals surface area contributed by atoms with Gasteiger partial charge in [-0.25, -0.2) is 9.18 Å². The van der Waals surface area contributed by atoms with Gasteiger partial charge in [0.2, 0.25) is 0 Å². The lowest BCUT2D eigenvalue weighted by Crippen LogP contribution is -2.42. The van der Waals surface area contributed by atoms with Crippen LogP contribution in [0.15, 0.2) is 109 Å². The standard InChI is InChI=1S/C30H27FN2O3/c31-26-15-17-27(18-16-26)33(20-23-9-5-2-6-10-23)21-24-11-13-25(14-12-24)29(34)32-28(30(35)36)19-22-7-3-1-4-8-22/h1-18,28H,19-21H2,(H,32,34)(H,35,36). The van der Waals surface area contributed by atoms with Crippen molar-refractivity contribution in [3.05, 3.63) is 137 Å². The predicted octanol–water partition coefficient (Wildman–Crippen LogP) is 5.46. The Morgan fingerprint density at radius 1 is 0.722 bits per heavy atom. The van der Waals surface area contributed by atoms with Gasteiger partial charge in [0.05, 0.1) is 0 Å². The number of carboxylic acid groups (broad SMARTS) is 1. The van der Waals surface area contributed by atoms with Crippen LogP contribution in [0.2, 0.25) is 0 Å². The Morgan fingerprint density at radius 2 is 1.25 bits per heavy atom. The Labute approximate surface area is 209 Å². The van der Waals surface area contributed by atoms with E-state index in [0.717, 1.165) is 22.4 Å². The third-order valence-corrected chi connectivity index (χ3v) is 5.88. The summed E-state index contributed by atoms with van der Waals surface area (Å²) < 4.78 is 13.5. The fraction of sp³-hybridized carbons (Fsp3) is 0.133. The average Bonchev–Trinajstić information content (AvgIpc) is 2.90. The highest BCUT2D eigenvalue weighted by molar-refractivity contribution is 5.96. The molecule has 0 spiro atoms. The van der Waals surface area contributed by atoms with E-state index >= 15 is 0 Å². The molecule has 182 valence electrons. The molecule has 6 heteroatoms. The highest BCUT2D eigenvalue weighted by Crippen LogP contribution is 2.21. The monoisotopic (exact) mass is 482 g/mol. The number of amides is 1. The van der Waals surface area contributed by atoms with Crippen LogP contribution in [0.4, 0.5) is 10.1 Å². The third kappa shape index (κ3) is 6.79. The number of nitrogens with one attached hydrogen (secondary N) is 1. The van der Waals surface area contributed by atoms with Gasteiger partial charge in [0.15, 0.2) is 0 Å². The number of halogens is 1. The summed E-state index contributed by atoms with van der Waals surface area (Å²) >= 11 is 0. The van der Waals surface area contributed by atoms with E-state index in [9.17, 15) is 19.1 Å². The van der Waals surface area contributed by atoms with Crippen molar-refractivity contribution < 1.29 is 19.1 Å². The molecule has 0 bridgehead atoms. The minimum Gasteiger partial charge on any atom is -0.480 e. The number of hydrogen-bond acceptors (Lipinski definition) is 3. The first-order chi connectivity index (χ1) is 17.5. The first-order valence-electron chi connectivity index (χ1n) is 11.7. The van der Waals surface area contributed by atoms with E-state index in [-0.39, 0.29) is 12.2 Å². The van der Waals surface area contributed by atoms with Crippen molar-refractivity contribution in [2.75, 3.05) is 4.90 Å². The maximum atomic E-state index is 13.5. The van der Waals surface area contributed by atoms with Crippen molar-refractivity contribution in [2.24, 2.45) is 0 Å². The first-order valence-corrected chi connectivity index (χ1v) is 11.7. The molecule has 1 amide bonds. The molecule has 0 saturated carbocycles. The Bertz CT molecular complexity index is 1280. The van der Waals surface area contributed by atoms with Gasteiger partial charge in [0.1, 0.15) is 11.9 Å². The lowest BCUT2D eigenvalue weighted by atomic mass is 10.0. The number of aliphatic carboxylic acids is 1. The van der Waals surface area contributed by atoms with Gasteiger partial charge in [-0.15, -0.1) is 0 Å². The van der Waals surface area contributed by atoms with E-state index in [0.29, 0.717) is 18.7 Å². The van der Waals surface area contributed by atoms with Gasteiger partial charge in [-0.3, -0.25) is 4.79 Å². The average molecular weight is 483 g/mol. The van der Waals surface area contributed by atoms with Crippen LogP contribution in [0.3, 0.4) is 0 Å². The second kappa shape index (κ2) is 11.8. The van der Waals surface area contributed by atoms with E-state index in [1.807, 2.05) is 72.8 Å². The fourth-order valence-corrected chi connectivity index (χ4v) is 3.97. The van der Waals surface area contributed by atoms with Crippen LogP contribution in [-0.2, 0) is 24.3 Å². The van der Waals surface area contributed by atoms with Gasteiger partial charge < -0.3 is 15.3 Å². The summed E-state index contributed by atoms with van der Waals surface area (Å²) in [6, 6.07) is 31.6. The molecular weight excluding hydrogens is 455 g/mol. The van der Waals surface area contributed by atoms with Crippen LogP contribution < -0.4 is 10.2 Å². The molecule has 0 radical (unpaired) electrons. The summed E-state index contributed by atoms with van der Waals surface area (Å²) in [5.74, 6) is -1.81. The zero-order valence-corrected chi connectivity index (χ0v) is 19.7. The Morgan fingerprint density at radius 3 is 1.81 bits per heavy atom. The maximum Gasteiger partial charge on any atom is 0.326 e. The SMILES string of the molecule is O=C(NC(Cc1ccccc1)C(=O)O)c1ccc(CN(Cc2ccccc2)c2ccc(F)cc2)cc1. The maximum absolute atomic E-state index is 13.5. The first kappa shape index (κ1) is 24.7. The van der Waals surface area contributed by atoms with E-state index in [1.165, 1.54) is 12.1 Å². The van der Waals surface area contributed by atoms with Gasteiger partial charge in [-0.1, -0.05) is 72.8 Å². The van der Waals surface area contributed by atoms with Gasteiger partial charge in [-0.05, 0) is 53.1 Å². The molecule has 1 atom stereocenters. The molecule has 4 aromatic carbocycles. The van der Waals surface area contributed by atoms with Crippen LogP contribution in [-0.4, -0.2) is 23.0 Å². The second-order valence-corrected chi connectivity index (χ2v) is 8.57. The molecule has 0 aliphatic heterocycles. The van der Waals surface area contributed by atoms with Crippen LogP contribution in [0.5, 0.6) is 0 Å². The van der Waals surface area contributed by atoms with Crippen LogP contribution in [0.25, 0.3) is 0 Å². The third-order valence-electron chi connectivity index (χ3n) is 5.88. The number of benzene rings is 4. The number of rotatable bonds is 10. The molecule has 2 N–H and O–H groups in total. The normalized spacial score (nSPS) is 11.5. The summed E-state index contributed by atoms with van der Waals surface area (Å²) in [7, 11) is 0. The molecule has 0 heterocycles. The van der Waals surface area contributed by atoms with Crippen molar-refractivity contribution in [3.8, 4) is 0 Å². The Hall–Kier alpha value is -4.45. The lowest BCUT2D eigenvalue weighted by Gasteiger charge is -2.25. The van der Waals surface area contributed by atoms with Gasteiger partial charge in [0.25, 0.3) is 5.91 Å². The molecule has 0 aliphatic rings. The van der Waals surface area contributed by atoms with Crippen molar-refractivity contribution in [2.45, 2.75) is 25.6 Å². The number of carbonyl (C=O) groups is 2. The number of nitrogens with zero attached hydrogens (tertiary/aromatic N) is 1. The molecular formula is C30H27FN2O3. The molecule has 0 aromatic heterocycles. The van der Waals surface area contributed by atoms with E-state index in [1.54, 1.807) is 24.3 Å². The minimum atomic E-state index is -1.08. The Balaban J connectivity index is 1.45. The van der Waals surface area contributed by atoms with Gasteiger partial charge in [0, 0.05) is 30.8 Å². The molecule has 4 aromatic rings. The zero-order chi connectivity index (χ0) is 25.3. The molecule has 1 unspecified atom stereocenters. The summed E-state index contributed by atoms with van der Waals surface area (Å²) in [4.78, 5) is 26.6. The van der Waals surface area contributed by atoms with Crippen LogP contribution in [0, 0.1) is 5.82 Å². The van der Waals surface area contributed by atoms with E-state index < -0.39 is 17.9 Å². The van der Waals surface area contributed by atoms with Crippen molar-refractivity contribution >= 4 is 17.6 Å². The summed E-state index contributed by atoms with van der Waals surface area (Å²) in [5.41, 5.74) is 4.18. The molecule has 4 rings (SSSR count). The highest BCUT2D eigenvalue weighted by Gasteiger charge is 2.21. The summed E-state index contributed by atoms with van der Waals surface area (Å²) in [6.07, 6.45) is 0.201. The summed E-state index contributed by atoms with van der Waals surface area (Å²) in [6.45, 7) is 1.18. The number of carbonyl (C=O) groups excluding carboxylic acids is 1. The molecule has 0 aliphatic carbocycles. The second-order valence-electron chi connectivity index (χ2n) is 8.57. The topological polar surface area (TPSA) is 69.6 Å².